The van der Waals surface area contributed by atoms with Crippen molar-refractivity contribution in [1.82, 2.24) is 0 Å². The molecule has 126 valence electrons. The molecular formula is C18H21F3O2. The molecule has 1 aliphatic rings. The van der Waals surface area contributed by atoms with Gasteiger partial charge >= 0.3 is 5.97 Å². The van der Waals surface area contributed by atoms with Crippen LogP contribution in [0.4, 0.5) is 13.2 Å². The minimum atomic E-state index is -1.24. The molecule has 0 N–H and O–H groups in total. The first-order valence-electron chi connectivity index (χ1n) is 7.56. The Balaban J connectivity index is 2.15. The number of allylic oxidation sites excluding steroid dienone is 2. The molecule has 0 unspecified atom stereocenters. The van der Waals surface area contributed by atoms with Gasteiger partial charge < -0.3 is 4.74 Å². The van der Waals surface area contributed by atoms with Gasteiger partial charge in [0.05, 0.1) is 5.92 Å². The number of hydrogen-bond acceptors (Lipinski definition) is 2. The van der Waals surface area contributed by atoms with E-state index in [9.17, 15) is 18.0 Å². The van der Waals surface area contributed by atoms with Gasteiger partial charge in [0.1, 0.15) is 12.4 Å². The Labute approximate surface area is 134 Å². The number of benzene rings is 1. The van der Waals surface area contributed by atoms with Gasteiger partial charge in [-0.1, -0.05) is 26.0 Å². The smallest absolute Gasteiger partial charge is 0.310 e. The first-order chi connectivity index (χ1) is 10.6. The minimum absolute atomic E-state index is 0.0331. The summed E-state index contributed by atoms with van der Waals surface area (Å²) in [5, 5.41) is 0. The van der Waals surface area contributed by atoms with Crippen LogP contribution in [0.1, 0.15) is 37.5 Å². The molecule has 0 bridgehead atoms. The Morgan fingerprint density at radius 1 is 1.13 bits per heavy atom. The highest BCUT2D eigenvalue weighted by atomic mass is 19.2. The molecule has 1 aliphatic carbocycles. The summed E-state index contributed by atoms with van der Waals surface area (Å²) < 4.78 is 46.6. The second-order valence-corrected chi connectivity index (χ2v) is 6.63. The van der Waals surface area contributed by atoms with Crippen LogP contribution in [0.2, 0.25) is 0 Å². The molecule has 1 fully saturated rings. The van der Waals surface area contributed by atoms with Gasteiger partial charge in [0, 0.05) is 11.1 Å². The van der Waals surface area contributed by atoms with Crippen molar-refractivity contribution < 1.29 is 22.7 Å². The number of carbonyl (C=O) groups excluding carboxylic acids is 1. The molecule has 1 saturated carbocycles. The average molecular weight is 326 g/mol. The zero-order valence-corrected chi connectivity index (χ0v) is 14.0. The highest BCUT2D eigenvalue weighted by molar-refractivity contribution is 5.78. The third-order valence-corrected chi connectivity index (χ3v) is 4.82. The second-order valence-electron chi connectivity index (χ2n) is 6.63. The average Bonchev–Trinajstić information content (AvgIpc) is 3.04. The topological polar surface area (TPSA) is 26.3 Å². The fourth-order valence-corrected chi connectivity index (χ4v) is 3.07. The molecule has 2 rings (SSSR count). The van der Waals surface area contributed by atoms with Crippen LogP contribution in [0.25, 0.3) is 0 Å². The molecule has 0 saturated heterocycles. The highest BCUT2D eigenvalue weighted by Gasteiger charge is 2.61. The Kier molecular flexibility index (Phi) is 4.60. The maximum absolute atomic E-state index is 14.0. The van der Waals surface area contributed by atoms with Crippen LogP contribution in [0, 0.1) is 48.5 Å². The molecule has 2 atom stereocenters. The molecule has 2 nitrogen and oxygen atoms in total. The van der Waals surface area contributed by atoms with E-state index in [0.29, 0.717) is 0 Å². The molecular weight excluding hydrogens is 305 g/mol. The molecule has 0 amide bonds. The van der Waals surface area contributed by atoms with Crippen molar-refractivity contribution in [2.45, 2.75) is 41.2 Å². The van der Waals surface area contributed by atoms with E-state index in [1.807, 2.05) is 32.9 Å². The van der Waals surface area contributed by atoms with E-state index < -0.39 is 30.0 Å². The van der Waals surface area contributed by atoms with Crippen LogP contribution in [0.3, 0.4) is 0 Å². The summed E-state index contributed by atoms with van der Waals surface area (Å²) in [6.45, 7) is 7.80. The lowest BCUT2D eigenvalue weighted by Gasteiger charge is -2.13. The van der Waals surface area contributed by atoms with Crippen molar-refractivity contribution in [3.05, 3.63) is 46.3 Å². The van der Waals surface area contributed by atoms with Gasteiger partial charge in [-0.15, -0.1) is 0 Å². The molecule has 0 aromatic heterocycles. The number of halogens is 3. The number of esters is 1. The first kappa shape index (κ1) is 17.6. The van der Waals surface area contributed by atoms with Crippen LogP contribution in [0.5, 0.6) is 0 Å². The Morgan fingerprint density at radius 2 is 1.74 bits per heavy atom. The summed E-state index contributed by atoms with van der Waals surface area (Å²) in [4.78, 5) is 12.2. The zero-order chi connectivity index (χ0) is 17.5. The molecule has 0 aliphatic heterocycles. The summed E-state index contributed by atoms with van der Waals surface area (Å²) in [5.74, 6) is -3.93. The van der Waals surface area contributed by atoms with E-state index in [1.165, 1.54) is 13.8 Å². The van der Waals surface area contributed by atoms with E-state index >= 15 is 0 Å². The van der Waals surface area contributed by atoms with Crippen LogP contribution in [-0.2, 0) is 16.1 Å². The number of hydrogen-bond donors (Lipinski definition) is 0. The fourth-order valence-electron chi connectivity index (χ4n) is 3.07. The molecule has 0 spiro atoms. The van der Waals surface area contributed by atoms with E-state index in [2.05, 4.69) is 0 Å². The quantitative estimate of drug-likeness (QED) is 0.459. The van der Waals surface area contributed by atoms with Gasteiger partial charge in [0.15, 0.2) is 11.6 Å². The maximum Gasteiger partial charge on any atom is 0.310 e. The van der Waals surface area contributed by atoms with E-state index in [0.717, 1.165) is 0 Å². The molecule has 23 heavy (non-hydrogen) atoms. The van der Waals surface area contributed by atoms with Crippen molar-refractivity contribution in [1.29, 1.82) is 0 Å². The number of rotatable bonds is 4. The van der Waals surface area contributed by atoms with Crippen LogP contribution < -0.4 is 0 Å². The lowest BCUT2D eigenvalue weighted by atomic mass is 10.0. The largest absolute Gasteiger partial charge is 0.460 e. The van der Waals surface area contributed by atoms with E-state index in [4.69, 9.17) is 4.74 Å². The minimum Gasteiger partial charge on any atom is -0.460 e. The van der Waals surface area contributed by atoms with E-state index in [1.54, 1.807) is 0 Å². The summed E-state index contributed by atoms with van der Waals surface area (Å²) in [6, 6.07) is 0. The summed E-state index contributed by atoms with van der Waals surface area (Å²) in [7, 11) is 0. The van der Waals surface area contributed by atoms with Crippen LogP contribution >= 0.6 is 0 Å². The lowest BCUT2D eigenvalue weighted by Crippen LogP contribution is -2.13. The predicted molar refractivity (Wildman–Crippen MR) is 81.2 cm³/mol. The maximum atomic E-state index is 14.0. The molecule has 0 radical (unpaired) electrons. The van der Waals surface area contributed by atoms with Crippen molar-refractivity contribution in [3.63, 3.8) is 0 Å². The van der Waals surface area contributed by atoms with E-state index in [-0.39, 0.29) is 33.9 Å². The van der Waals surface area contributed by atoms with Crippen LogP contribution in [0.15, 0.2) is 12.2 Å². The Morgan fingerprint density at radius 3 is 2.30 bits per heavy atom. The molecule has 1 aromatic rings. The van der Waals surface area contributed by atoms with Crippen molar-refractivity contribution >= 4 is 5.97 Å². The lowest BCUT2D eigenvalue weighted by molar-refractivity contribution is -0.147. The van der Waals surface area contributed by atoms with Crippen molar-refractivity contribution in [3.8, 4) is 0 Å². The summed E-state index contributed by atoms with van der Waals surface area (Å²) >= 11 is 0. The van der Waals surface area contributed by atoms with Gasteiger partial charge in [-0.3, -0.25) is 4.79 Å². The standard InChI is InChI=1S/C18H21F3O2/c1-6-7-12-13(18(12,4)5)17(22)23-8-11-9(2)14(19)10(3)15(20)16(11)21/h6-7,12-13H,8H2,1-5H3/b7-6-/t12-,13+/m1/s1. The zero-order valence-electron chi connectivity index (χ0n) is 14.0. The normalized spacial score (nSPS) is 22.4. The van der Waals surface area contributed by atoms with Gasteiger partial charge in [-0.2, -0.15) is 0 Å². The third-order valence-electron chi connectivity index (χ3n) is 4.82. The Bertz CT molecular complexity index is 648. The van der Waals surface area contributed by atoms with Gasteiger partial charge in [-0.05, 0) is 37.7 Å². The summed E-state index contributed by atoms with van der Waals surface area (Å²) in [5.41, 5.74) is -0.873. The number of carbonyl (C=O) groups is 1. The fraction of sp³-hybridized carbons (Fsp3) is 0.500. The van der Waals surface area contributed by atoms with Gasteiger partial charge in [-0.25, -0.2) is 13.2 Å². The SMILES string of the molecule is C/C=C\[C@@H]1[C@@H](C(=O)OCc2c(C)c(F)c(C)c(F)c2F)C1(C)C. The molecule has 5 heteroatoms. The predicted octanol–water partition coefficient (Wildman–Crippen LogP) is 4.61. The summed E-state index contributed by atoms with van der Waals surface area (Å²) in [6.07, 6.45) is 3.80. The van der Waals surface area contributed by atoms with Gasteiger partial charge in [0.2, 0.25) is 0 Å². The Hall–Kier alpha value is -1.78. The first-order valence-corrected chi connectivity index (χ1v) is 7.56. The molecule has 1 aromatic carbocycles. The second kappa shape index (κ2) is 6.02. The molecule has 0 heterocycles. The van der Waals surface area contributed by atoms with Crippen molar-refractivity contribution in [2.24, 2.45) is 17.3 Å². The van der Waals surface area contributed by atoms with Crippen LogP contribution in [-0.4, -0.2) is 5.97 Å². The number of ether oxygens (including phenoxy) is 1. The third kappa shape index (κ3) is 2.89. The monoisotopic (exact) mass is 326 g/mol. The van der Waals surface area contributed by atoms with Gasteiger partial charge in [0.25, 0.3) is 0 Å². The highest BCUT2D eigenvalue weighted by Crippen LogP contribution is 2.59. The van der Waals surface area contributed by atoms with Crippen molar-refractivity contribution in [2.75, 3.05) is 0 Å².